The first-order valence-electron chi connectivity index (χ1n) is 5.67. The Hall–Kier alpha value is -1.92. The van der Waals surface area contributed by atoms with E-state index in [-0.39, 0.29) is 6.61 Å². The molecule has 0 unspecified atom stereocenters. The van der Waals surface area contributed by atoms with Gasteiger partial charge in [0.15, 0.2) is 0 Å². The van der Waals surface area contributed by atoms with Gasteiger partial charge in [0.05, 0.1) is 6.61 Å². The standard InChI is InChI=1S/C13H16O6/c1-9(14)18-12(16)13(19-10(2)15)17-8-11-6-4-3-5-7-11/h3-7,12-13,16H,8H2,1-2H3/t12-,13+/m0/s1. The van der Waals surface area contributed by atoms with E-state index < -0.39 is 24.5 Å². The summed E-state index contributed by atoms with van der Waals surface area (Å²) >= 11 is 0. The fourth-order valence-electron chi connectivity index (χ4n) is 1.32. The van der Waals surface area contributed by atoms with Crippen LogP contribution in [-0.4, -0.2) is 29.6 Å². The van der Waals surface area contributed by atoms with Gasteiger partial charge < -0.3 is 19.3 Å². The largest absolute Gasteiger partial charge is 0.429 e. The lowest BCUT2D eigenvalue weighted by Crippen LogP contribution is -2.36. The van der Waals surface area contributed by atoms with Crippen molar-refractivity contribution >= 4 is 11.9 Å². The quantitative estimate of drug-likeness (QED) is 0.611. The van der Waals surface area contributed by atoms with Crippen LogP contribution in [0.4, 0.5) is 0 Å². The lowest BCUT2D eigenvalue weighted by Gasteiger charge is -2.22. The van der Waals surface area contributed by atoms with Crippen molar-refractivity contribution in [2.24, 2.45) is 0 Å². The first-order chi connectivity index (χ1) is 8.99. The van der Waals surface area contributed by atoms with Crippen LogP contribution in [0.25, 0.3) is 0 Å². The number of benzene rings is 1. The van der Waals surface area contributed by atoms with Crippen LogP contribution in [0.5, 0.6) is 0 Å². The van der Waals surface area contributed by atoms with Gasteiger partial charge in [0.25, 0.3) is 12.6 Å². The molecule has 0 aromatic heterocycles. The smallest absolute Gasteiger partial charge is 0.305 e. The highest BCUT2D eigenvalue weighted by atomic mass is 16.7. The van der Waals surface area contributed by atoms with Crippen molar-refractivity contribution in [3.8, 4) is 0 Å². The number of aliphatic hydroxyl groups excluding tert-OH is 1. The molecule has 6 heteroatoms. The highest BCUT2D eigenvalue weighted by molar-refractivity contribution is 5.67. The molecule has 0 heterocycles. The maximum absolute atomic E-state index is 10.9. The molecule has 0 saturated heterocycles. The van der Waals surface area contributed by atoms with E-state index >= 15 is 0 Å². The molecule has 0 bridgehead atoms. The summed E-state index contributed by atoms with van der Waals surface area (Å²) in [5.41, 5.74) is 0.828. The van der Waals surface area contributed by atoms with E-state index in [4.69, 9.17) is 9.47 Å². The molecule has 0 saturated carbocycles. The topological polar surface area (TPSA) is 82.1 Å². The summed E-state index contributed by atoms with van der Waals surface area (Å²) in [7, 11) is 0. The van der Waals surface area contributed by atoms with Gasteiger partial charge in [-0.3, -0.25) is 9.59 Å². The molecule has 0 fully saturated rings. The van der Waals surface area contributed by atoms with Gasteiger partial charge >= 0.3 is 11.9 Å². The molecular weight excluding hydrogens is 252 g/mol. The van der Waals surface area contributed by atoms with Crippen LogP contribution in [0.15, 0.2) is 30.3 Å². The summed E-state index contributed by atoms with van der Waals surface area (Å²) in [6.45, 7) is 2.40. The van der Waals surface area contributed by atoms with Crippen LogP contribution in [-0.2, 0) is 30.4 Å². The van der Waals surface area contributed by atoms with Crippen LogP contribution < -0.4 is 0 Å². The molecule has 1 N–H and O–H groups in total. The SMILES string of the molecule is CC(=O)O[C@@H](OCc1ccccc1)[C@@H](O)OC(C)=O. The van der Waals surface area contributed by atoms with Gasteiger partial charge in [-0.25, -0.2) is 0 Å². The van der Waals surface area contributed by atoms with Gasteiger partial charge in [-0.05, 0) is 5.56 Å². The summed E-state index contributed by atoms with van der Waals surface area (Å²) in [6, 6.07) is 9.11. The number of esters is 2. The average molecular weight is 268 g/mol. The second-order valence-electron chi connectivity index (χ2n) is 3.77. The van der Waals surface area contributed by atoms with Crippen molar-refractivity contribution in [3.05, 3.63) is 35.9 Å². The summed E-state index contributed by atoms with van der Waals surface area (Å²) < 4.78 is 14.5. The van der Waals surface area contributed by atoms with E-state index in [9.17, 15) is 14.7 Å². The number of carbonyl (C=O) groups excluding carboxylic acids is 2. The predicted molar refractivity (Wildman–Crippen MR) is 64.6 cm³/mol. The van der Waals surface area contributed by atoms with Crippen molar-refractivity contribution in [2.45, 2.75) is 33.0 Å². The number of rotatable bonds is 6. The van der Waals surface area contributed by atoms with Crippen molar-refractivity contribution in [2.75, 3.05) is 0 Å². The molecule has 0 aliphatic carbocycles. The van der Waals surface area contributed by atoms with Crippen LogP contribution in [0.3, 0.4) is 0 Å². The van der Waals surface area contributed by atoms with Crippen molar-refractivity contribution in [3.63, 3.8) is 0 Å². The highest BCUT2D eigenvalue weighted by Gasteiger charge is 2.25. The second-order valence-corrected chi connectivity index (χ2v) is 3.77. The number of ether oxygens (including phenoxy) is 3. The van der Waals surface area contributed by atoms with E-state index in [1.54, 1.807) is 0 Å². The Morgan fingerprint density at radius 1 is 1.11 bits per heavy atom. The third kappa shape index (κ3) is 5.98. The Balaban J connectivity index is 2.58. The fraction of sp³-hybridized carbons (Fsp3) is 0.385. The number of carbonyl (C=O) groups is 2. The molecule has 6 nitrogen and oxygen atoms in total. The molecule has 0 aliphatic heterocycles. The maximum atomic E-state index is 10.9. The molecular formula is C13H16O6. The van der Waals surface area contributed by atoms with Crippen LogP contribution in [0.2, 0.25) is 0 Å². The fourth-order valence-corrected chi connectivity index (χ4v) is 1.32. The second kappa shape index (κ2) is 7.50. The molecule has 0 amide bonds. The summed E-state index contributed by atoms with van der Waals surface area (Å²) in [4.78, 5) is 21.6. The van der Waals surface area contributed by atoms with Crippen molar-refractivity contribution in [1.29, 1.82) is 0 Å². The van der Waals surface area contributed by atoms with Gasteiger partial charge in [-0.1, -0.05) is 30.3 Å². The number of hydrogen-bond acceptors (Lipinski definition) is 6. The Bertz CT molecular complexity index is 416. The molecule has 1 aromatic carbocycles. The van der Waals surface area contributed by atoms with Crippen LogP contribution in [0.1, 0.15) is 19.4 Å². The lowest BCUT2D eigenvalue weighted by atomic mass is 10.2. The van der Waals surface area contributed by atoms with E-state index in [0.717, 1.165) is 12.5 Å². The third-order valence-electron chi connectivity index (χ3n) is 2.06. The maximum Gasteiger partial charge on any atom is 0.305 e. The minimum absolute atomic E-state index is 0.108. The minimum Gasteiger partial charge on any atom is -0.429 e. The Labute approximate surface area is 110 Å². The molecule has 1 aromatic rings. The van der Waals surface area contributed by atoms with Gasteiger partial charge in [0.2, 0.25) is 0 Å². The molecule has 0 radical (unpaired) electrons. The van der Waals surface area contributed by atoms with Gasteiger partial charge in [0.1, 0.15) is 0 Å². The number of hydrogen-bond donors (Lipinski definition) is 1. The molecule has 19 heavy (non-hydrogen) atoms. The molecule has 0 aliphatic rings. The zero-order valence-electron chi connectivity index (χ0n) is 10.7. The van der Waals surface area contributed by atoms with Crippen molar-refractivity contribution < 1.29 is 28.9 Å². The van der Waals surface area contributed by atoms with Crippen molar-refractivity contribution in [1.82, 2.24) is 0 Å². The normalized spacial score (nSPS) is 13.4. The van der Waals surface area contributed by atoms with Gasteiger partial charge in [-0.2, -0.15) is 0 Å². The first kappa shape index (κ1) is 15.1. The molecule has 0 spiro atoms. The zero-order chi connectivity index (χ0) is 14.3. The van der Waals surface area contributed by atoms with Gasteiger partial charge in [0, 0.05) is 13.8 Å². The highest BCUT2D eigenvalue weighted by Crippen LogP contribution is 2.09. The van der Waals surface area contributed by atoms with Crippen LogP contribution in [0, 0.1) is 0 Å². The third-order valence-corrected chi connectivity index (χ3v) is 2.06. The monoisotopic (exact) mass is 268 g/mol. The molecule has 104 valence electrons. The van der Waals surface area contributed by atoms with Crippen LogP contribution >= 0.6 is 0 Å². The zero-order valence-corrected chi connectivity index (χ0v) is 10.7. The predicted octanol–water partition coefficient (Wildman–Crippen LogP) is 0.974. The van der Waals surface area contributed by atoms with E-state index in [2.05, 4.69) is 4.74 Å². The first-order valence-corrected chi connectivity index (χ1v) is 5.67. The van der Waals surface area contributed by atoms with E-state index in [0.29, 0.717) is 0 Å². The summed E-state index contributed by atoms with van der Waals surface area (Å²) in [5, 5.41) is 9.56. The Morgan fingerprint density at radius 3 is 2.21 bits per heavy atom. The lowest BCUT2D eigenvalue weighted by molar-refractivity contribution is -0.259. The Kier molecular flexibility index (Phi) is 5.98. The minimum atomic E-state index is -1.66. The van der Waals surface area contributed by atoms with Gasteiger partial charge in [-0.15, -0.1) is 0 Å². The van der Waals surface area contributed by atoms with E-state index in [1.165, 1.54) is 6.92 Å². The Morgan fingerprint density at radius 2 is 1.68 bits per heavy atom. The molecule has 1 rings (SSSR count). The number of aliphatic hydroxyl groups is 1. The van der Waals surface area contributed by atoms with E-state index in [1.807, 2.05) is 30.3 Å². The summed E-state index contributed by atoms with van der Waals surface area (Å²) in [6.07, 6.45) is -3.02. The summed E-state index contributed by atoms with van der Waals surface area (Å²) in [5.74, 6) is -1.35. The average Bonchev–Trinajstić information content (AvgIpc) is 2.34. The molecule has 2 atom stereocenters.